The zero-order valence-corrected chi connectivity index (χ0v) is 15.6. The normalized spacial score (nSPS) is 22.9. The van der Waals surface area contributed by atoms with Crippen LogP contribution in [0.1, 0.15) is 42.7 Å². The van der Waals surface area contributed by atoms with E-state index >= 15 is 0 Å². The molecule has 0 bridgehead atoms. The fraction of sp³-hybridized carbons (Fsp3) is 0.500. The molecule has 0 unspecified atom stereocenters. The first kappa shape index (κ1) is 17.9. The number of aromatic carboxylic acids is 1. The van der Waals surface area contributed by atoms with Crippen molar-refractivity contribution < 1.29 is 14.6 Å². The van der Waals surface area contributed by atoms with Crippen molar-refractivity contribution in [2.24, 2.45) is 11.7 Å². The van der Waals surface area contributed by atoms with Crippen molar-refractivity contribution in [1.82, 2.24) is 4.57 Å². The van der Waals surface area contributed by atoms with Crippen LogP contribution >= 0.6 is 0 Å². The van der Waals surface area contributed by atoms with E-state index in [1.165, 1.54) is 7.11 Å². The third-order valence-corrected chi connectivity index (χ3v) is 5.52. The van der Waals surface area contributed by atoms with Crippen LogP contribution in [0.3, 0.4) is 0 Å². The molecule has 1 saturated carbocycles. The van der Waals surface area contributed by atoms with Gasteiger partial charge in [-0.2, -0.15) is 0 Å². The maximum Gasteiger partial charge on any atom is 0.356 e. The lowest BCUT2D eigenvalue weighted by atomic mass is 9.96. The van der Waals surface area contributed by atoms with Gasteiger partial charge in [0, 0.05) is 36.2 Å². The van der Waals surface area contributed by atoms with Gasteiger partial charge in [-0.3, -0.25) is 4.79 Å². The Morgan fingerprint density at radius 1 is 1.30 bits per heavy atom. The van der Waals surface area contributed by atoms with E-state index in [1.807, 2.05) is 12.1 Å². The molecular formula is C20H25N3O4. The Labute approximate surface area is 157 Å². The molecule has 144 valence electrons. The number of fused-ring (bicyclic) bond motifs is 1. The molecule has 7 heteroatoms. The highest BCUT2D eigenvalue weighted by molar-refractivity contribution is 5.95. The Hall–Kier alpha value is -2.54. The molecular weight excluding hydrogens is 346 g/mol. The van der Waals surface area contributed by atoms with Crippen LogP contribution in [0.15, 0.2) is 23.0 Å². The summed E-state index contributed by atoms with van der Waals surface area (Å²) in [6.45, 7) is 3.83. The van der Waals surface area contributed by atoms with Crippen molar-refractivity contribution in [3.05, 3.63) is 34.1 Å². The molecule has 0 amide bonds. The van der Waals surface area contributed by atoms with E-state index in [2.05, 4.69) is 11.8 Å². The van der Waals surface area contributed by atoms with Gasteiger partial charge in [0.1, 0.15) is 0 Å². The minimum atomic E-state index is -1.14. The Kier molecular flexibility index (Phi) is 4.34. The summed E-state index contributed by atoms with van der Waals surface area (Å²) in [4.78, 5) is 27.0. The van der Waals surface area contributed by atoms with E-state index in [-0.39, 0.29) is 29.0 Å². The molecule has 2 heterocycles. The number of nitrogens with zero attached hydrogens (tertiary/aromatic N) is 2. The van der Waals surface area contributed by atoms with Gasteiger partial charge in [-0.05, 0) is 43.4 Å². The van der Waals surface area contributed by atoms with Crippen molar-refractivity contribution in [1.29, 1.82) is 0 Å². The van der Waals surface area contributed by atoms with Crippen molar-refractivity contribution in [3.8, 4) is 5.75 Å². The van der Waals surface area contributed by atoms with Crippen LogP contribution in [0.5, 0.6) is 5.75 Å². The van der Waals surface area contributed by atoms with Gasteiger partial charge < -0.3 is 25.0 Å². The number of pyridine rings is 1. The van der Waals surface area contributed by atoms with Gasteiger partial charge in [0.15, 0.2) is 11.4 Å². The number of piperidine rings is 1. The minimum Gasteiger partial charge on any atom is -0.491 e. The van der Waals surface area contributed by atoms with Gasteiger partial charge in [-0.1, -0.05) is 6.92 Å². The molecule has 1 saturated heterocycles. The number of anilines is 1. The number of rotatable bonds is 4. The second-order valence-corrected chi connectivity index (χ2v) is 7.82. The average molecular weight is 371 g/mol. The van der Waals surface area contributed by atoms with E-state index in [4.69, 9.17) is 10.5 Å². The third-order valence-electron chi connectivity index (χ3n) is 5.52. The van der Waals surface area contributed by atoms with E-state index in [9.17, 15) is 14.7 Å². The topological polar surface area (TPSA) is 97.8 Å². The molecule has 0 spiro atoms. The zero-order chi connectivity index (χ0) is 19.3. The maximum atomic E-state index is 12.8. The maximum absolute atomic E-state index is 12.8. The predicted molar refractivity (Wildman–Crippen MR) is 104 cm³/mol. The first-order chi connectivity index (χ1) is 12.9. The predicted octanol–water partition coefficient (Wildman–Crippen LogP) is 2.22. The van der Waals surface area contributed by atoms with Gasteiger partial charge in [0.2, 0.25) is 5.43 Å². The molecule has 2 atom stereocenters. The van der Waals surface area contributed by atoms with E-state index in [1.54, 1.807) is 10.6 Å². The number of aromatic nitrogens is 1. The molecule has 1 aliphatic carbocycles. The van der Waals surface area contributed by atoms with Gasteiger partial charge in [0.05, 0.1) is 12.6 Å². The lowest BCUT2D eigenvalue weighted by Crippen LogP contribution is -2.46. The van der Waals surface area contributed by atoms with Crippen molar-refractivity contribution in [3.63, 3.8) is 0 Å². The number of carboxylic acid groups (broad SMARTS) is 1. The van der Waals surface area contributed by atoms with Crippen LogP contribution in [-0.4, -0.2) is 41.9 Å². The molecule has 4 rings (SSSR count). The Morgan fingerprint density at radius 2 is 2.04 bits per heavy atom. The average Bonchev–Trinajstić information content (AvgIpc) is 3.45. The highest BCUT2D eigenvalue weighted by atomic mass is 16.5. The summed E-state index contributed by atoms with van der Waals surface area (Å²) in [7, 11) is 1.34. The molecule has 7 nitrogen and oxygen atoms in total. The monoisotopic (exact) mass is 371 g/mol. The van der Waals surface area contributed by atoms with Crippen molar-refractivity contribution in [2.75, 3.05) is 25.1 Å². The summed E-state index contributed by atoms with van der Waals surface area (Å²) in [6, 6.07) is 5.84. The molecule has 1 aromatic heterocycles. The molecule has 1 aromatic carbocycles. The molecule has 2 aliphatic rings. The summed E-state index contributed by atoms with van der Waals surface area (Å²) >= 11 is 0. The number of carbonyl (C=O) groups is 1. The van der Waals surface area contributed by atoms with Crippen LogP contribution in [0, 0.1) is 5.92 Å². The summed E-state index contributed by atoms with van der Waals surface area (Å²) < 4.78 is 6.97. The van der Waals surface area contributed by atoms with Crippen LogP contribution < -0.4 is 20.8 Å². The quantitative estimate of drug-likeness (QED) is 0.855. The fourth-order valence-electron chi connectivity index (χ4n) is 4.28. The smallest absolute Gasteiger partial charge is 0.356 e. The first-order valence-electron chi connectivity index (χ1n) is 9.40. The SMILES string of the molecule is COc1c(C(=O)O)n(C2CC2)c2cc(N3C[C@@H](C)C[C@H](N)C3)ccc2c1=O. The van der Waals surface area contributed by atoms with E-state index in [0.717, 1.165) is 38.0 Å². The summed E-state index contributed by atoms with van der Waals surface area (Å²) in [5.74, 6) is -0.749. The van der Waals surface area contributed by atoms with Crippen LogP contribution in [0.4, 0.5) is 5.69 Å². The number of methoxy groups -OCH3 is 1. The number of hydrogen-bond acceptors (Lipinski definition) is 5. The summed E-state index contributed by atoms with van der Waals surface area (Å²) in [6.07, 6.45) is 2.80. The van der Waals surface area contributed by atoms with Crippen molar-refractivity contribution in [2.45, 2.75) is 38.3 Å². The highest BCUT2D eigenvalue weighted by Crippen LogP contribution is 2.40. The van der Waals surface area contributed by atoms with Crippen molar-refractivity contribution >= 4 is 22.6 Å². The highest BCUT2D eigenvalue weighted by Gasteiger charge is 2.33. The van der Waals surface area contributed by atoms with Crippen LogP contribution in [0.25, 0.3) is 10.9 Å². The van der Waals surface area contributed by atoms with Gasteiger partial charge in [0.25, 0.3) is 0 Å². The fourth-order valence-corrected chi connectivity index (χ4v) is 4.28. The molecule has 3 N–H and O–H groups in total. The Bertz CT molecular complexity index is 954. The standard InChI is InChI=1S/C20H25N3O4/c1-11-7-12(21)10-22(9-11)14-5-6-15-16(8-14)23(13-3-4-13)17(20(25)26)19(27-2)18(15)24/h5-6,8,11-13H,3-4,7,9-10,21H2,1-2H3,(H,25,26)/t11-,12-/m0/s1. The minimum absolute atomic E-state index is 0.0571. The Balaban J connectivity index is 1.94. The number of nitrogens with two attached hydrogens (primary N) is 1. The molecule has 2 fully saturated rings. The number of benzene rings is 1. The Morgan fingerprint density at radius 3 is 2.63 bits per heavy atom. The summed E-state index contributed by atoms with van der Waals surface area (Å²) in [5.41, 5.74) is 7.38. The third kappa shape index (κ3) is 3.06. The second kappa shape index (κ2) is 6.56. The van der Waals surface area contributed by atoms with E-state index < -0.39 is 5.97 Å². The van der Waals surface area contributed by atoms with Gasteiger partial charge in [-0.15, -0.1) is 0 Å². The molecule has 2 aromatic rings. The molecule has 27 heavy (non-hydrogen) atoms. The molecule has 1 aliphatic heterocycles. The molecule has 0 radical (unpaired) electrons. The largest absolute Gasteiger partial charge is 0.491 e. The lowest BCUT2D eigenvalue weighted by Gasteiger charge is -2.36. The van der Waals surface area contributed by atoms with E-state index in [0.29, 0.717) is 16.8 Å². The van der Waals surface area contributed by atoms with Crippen LogP contribution in [-0.2, 0) is 0 Å². The number of hydrogen-bond donors (Lipinski definition) is 2. The van der Waals surface area contributed by atoms with Crippen LogP contribution in [0.2, 0.25) is 0 Å². The number of carboxylic acids is 1. The van der Waals surface area contributed by atoms with Gasteiger partial charge in [-0.25, -0.2) is 4.79 Å². The summed E-state index contributed by atoms with van der Waals surface area (Å²) in [5, 5.41) is 10.2. The second-order valence-electron chi connectivity index (χ2n) is 7.82. The first-order valence-corrected chi connectivity index (χ1v) is 9.40. The number of ether oxygens (including phenoxy) is 1. The van der Waals surface area contributed by atoms with Gasteiger partial charge >= 0.3 is 5.97 Å². The zero-order valence-electron chi connectivity index (χ0n) is 15.6. The lowest BCUT2D eigenvalue weighted by molar-refractivity contribution is 0.0680.